The van der Waals surface area contributed by atoms with Crippen LogP contribution in [0.25, 0.3) is 0 Å². The first kappa shape index (κ1) is 31.1. The third kappa shape index (κ3) is 7.93. The lowest BCUT2D eigenvalue weighted by Gasteiger charge is -2.30. The lowest BCUT2D eigenvalue weighted by atomic mass is 9.76. The molecule has 0 saturated heterocycles. The number of rotatable bonds is 13. The minimum Gasteiger partial charge on any atom is -0.493 e. The van der Waals surface area contributed by atoms with Gasteiger partial charge < -0.3 is 20.1 Å². The summed E-state index contributed by atoms with van der Waals surface area (Å²) in [7, 11) is 1.41. The number of carbonyl (C=O) groups excluding carboxylic acids is 1. The van der Waals surface area contributed by atoms with Gasteiger partial charge in [0.05, 0.1) is 19.3 Å². The van der Waals surface area contributed by atoms with E-state index in [1.165, 1.54) is 29.6 Å². The molecule has 37 heavy (non-hydrogen) atoms. The molecular weight excluding hydrogens is 500 g/mol. The van der Waals surface area contributed by atoms with Gasteiger partial charge in [0.1, 0.15) is 10.8 Å². The lowest BCUT2D eigenvalue weighted by Crippen LogP contribution is -2.29. The zero-order valence-corrected chi connectivity index (χ0v) is 25.9. The second-order valence-electron chi connectivity index (χ2n) is 10.8. The zero-order chi connectivity index (χ0) is 27.8. The van der Waals surface area contributed by atoms with Crippen LogP contribution >= 0.6 is 23.6 Å². The summed E-state index contributed by atoms with van der Waals surface area (Å²) >= 11 is 7.02. The molecule has 0 aliphatic carbocycles. The number of aryl methyl sites for hydroxylation is 1. The molecule has 0 fully saturated rings. The molecule has 0 aliphatic heterocycles. The van der Waals surface area contributed by atoms with E-state index in [9.17, 15) is 4.79 Å². The molecule has 0 aliphatic rings. The number of anilines is 1. The molecule has 0 amide bonds. The van der Waals surface area contributed by atoms with E-state index >= 15 is 0 Å². The summed E-state index contributed by atoms with van der Waals surface area (Å²) in [4.78, 5) is 13.4. The van der Waals surface area contributed by atoms with Crippen molar-refractivity contribution in [1.29, 1.82) is 0 Å². The van der Waals surface area contributed by atoms with Gasteiger partial charge in [-0.05, 0) is 79.3 Å². The van der Waals surface area contributed by atoms with Crippen LogP contribution in [0.4, 0.5) is 5.00 Å². The summed E-state index contributed by atoms with van der Waals surface area (Å²) in [6.45, 7) is 19.1. The van der Waals surface area contributed by atoms with Crippen molar-refractivity contribution in [2.75, 3.05) is 25.6 Å². The number of thiophene rings is 1. The molecule has 5 nitrogen and oxygen atoms in total. The van der Waals surface area contributed by atoms with Crippen LogP contribution in [-0.2, 0) is 22.0 Å². The van der Waals surface area contributed by atoms with E-state index in [-0.39, 0.29) is 16.8 Å². The number of hydrogen-bond donors (Lipinski definition) is 2. The highest BCUT2D eigenvalue weighted by Crippen LogP contribution is 2.38. The molecule has 0 unspecified atom stereocenters. The number of unbranched alkanes of at least 4 members (excludes halogenated alkanes) is 1. The number of esters is 1. The molecule has 1 aromatic heterocycles. The normalized spacial score (nSPS) is 11.8. The van der Waals surface area contributed by atoms with Crippen LogP contribution in [0.3, 0.4) is 0 Å². The standard InChI is InChI=1S/C30H46N2O3S2/c1-10-22-20(4)37-26(25(22)27(33)34-9)32-28(36)31-17-13-14-18-35-24-16-15-21(29(5,6)11-2)19-23(24)30(7,8)12-3/h15-16,19H,10-14,17-18H2,1-9H3,(H2,31,32,36). The first-order valence-electron chi connectivity index (χ1n) is 13.4. The van der Waals surface area contributed by atoms with Crippen LogP contribution in [-0.4, -0.2) is 31.3 Å². The maximum absolute atomic E-state index is 12.3. The van der Waals surface area contributed by atoms with Crippen LogP contribution in [0.15, 0.2) is 18.2 Å². The summed E-state index contributed by atoms with van der Waals surface area (Å²) in [5, 5.41) is 7.70. The van der Waals surface area contributed by atoms with Gasteiger partial charge in [0.2, 0.25) is 0 Å². The van der Waals surface area contributed by atoms with E-state index in [0.717, 1.165) is 59.8 Å². The minimum absolute atomic E-state index is 0.0510. The second-order valence-corrected chi connectivity index (χ2v) is 12.4. The van der Waals surface area contributed by atoms with Crippen molar-refractivity contribution in [1.82, 2.24) is 5.32 Å². The smallest absolute Gasteiger partial charge is 0.341 e. The fourth-order valence-corrected chi connectivity index (χ4v) is 5.58. The van der Waals surface area contributed by atoms with E-state index in [1.807, 2.05) is 13.8 Å². The number of thiocarbonyl (C=S) groups is 1. The van der Waals surface area contributed by atoms with Gasteiger partial charge in [0.15, 0.2) is 5.11 Å². The number of nitrogens with one attached hydrogen (secondary N) is 2. The van der Waals surface area contributed by atoms with Crippen molar-refractivity contribution >= 4 is 39.6 Å². The molecule has 1 heterocycles. The molecule has 1 aromatic carbocycles. The molecule has 2 aromatic rings. The Morgan fingerprint density at radius 2 is 1.73 bits per heavy atom. The summed E-state index contributed by atoms with van der Waals surface area (Å²) < 4.78 is 11.3. The Kier molecular flexibility index (Phi) is 11.4. The molecule has 206 valence electrons. The average molecular weight is 547 g/mol. The number of benzene rings is 1. The number of ether oxygens (including phenoxy) is 2. The van der Waals surface area contributed by atoms with Gasteiger partial charge in [-0.1, -0.05) is 60.6 Å². The Morgan fingerprint density at radius 3 is 2.32 bits per heavy atom. The van der Waals surface area contributed by atoms with Gasteiger partial charge in [-0.2, -0.15) is 0 Å². The predicted molar refractivity (Wildman–Crippen MR) is 162 cm³/mol. The molecule has 0 spiro atoms. The fraction of sp³-hybridized carbons (Fsp3) is 0.600. The van der Waals surface area contributed by atoms with Crippen LogP contribution in [0.1, 0.15) is 106 Å². The molecule has 0 saturated carbocycles. The van der Waals surface area contributed by atoms with Crippen molar-refractivity contribution in [3.05, 3.63) is 45.3 Å². The average Bonchev–Trinajstić information content (AvgIpc) is 3.19. The van der Waals surface area contributed by atoms with Gasteiger partial charge in [0.25, 0.3) is 0 Å². The van der Waals surface area contributed by atoms with Crippen LogP contribution in [0.2, 0.25) is 0 Å². The van der Waals surface area contributed by atoms with Gasteiger partial charge in [-0.15, -0.1) is 11.3 Å². The summed E-state index contributed by atoms with van der Waals surface area (Å²) in [6, 6.07) is 6.73. The molecule has 0 radical (unpaired) electrons. The molecule has 2 N–H and O–H groups in total. The molecule has 7 heteroatoms. The first-order chi connectivity index (χ1) is 17.4. The Bertz CT molecular complexity index is 1070. The minimum atomic E-state index is -0.333. The highest BCUT2D eigenvalue weighted by molar-refractivity contribution is 7.80. The quantitative estimate of drug-likeness (QED) is 0.151. The summed E-state index contributed by atoms with van der Waals surface area (Å²) in [6.07, 6.45) is 4.75. The number of methoxy groups -OCH3 is 1. The van der Waals surface area contributed by atoms with Crippen LogP contribution in [0.5, 0.6) is 5.75 Å². The van der Waals surface area contributed by atoms with E-state index in [4.69, 9.17) is 21.7 Å². The summed E-state index contributed by atoms with van der Waals surface area (Å²) in [5.41, 5.74) is 4.45. The monoisotopic (exact) mass is 546 g/mol. The van der Waals surface area contributed by atoms with E-state index in [1.54, 1.807) is 0 Å². The zero-order valence-electron chi connectivity index (χ0n) is 24.2. The SMILES string of the molecule is CCc1c(C)sc(NC(=S)NCCCCOc2ccc(C(C)(C)CC)cc2C(C)(C)CC)c1C(=O)OC. The van der Waals surface area contributed by atoms with Crippen molar-refractivity contribution in [3.8, 4) is 5.75 Å². The molecular formula is C30H46N2O3S2. The number of carbonyl (C=O) groups is 1. The number of hydrogen-bond acceptors (Lipinski definition) is 5. The Morgan fingerprint density at radius 1 is 1.05 bits per heavy atom. The van der Waals surface area contributed by atoms with E-state index in [2.05, 4.69) is 70.4 Å². The Labute approximate surface area is 233 Å². The van der Waals surface area contributed by atoms with Gasteiger partial charge in [-0.3, -0.25) is 0 Å². The van der Waals surface area contributed by atoms with Crippen LogP contribution < -0.4 is 15.4 Å². The summed E-state index contributed by atoms with van der Waals surface area (Å²) in [5.74, 6) is 0.656. The highest BCUT2D eigenvalue weighted by atomic mass is 32.1. The fourth-order valence-electron chi connectivity index (χ4n) is 4.17. The Balaban J connectivity index is 1.92. The van der Waals surface area contributed by atoms with Crippen molar-refractivity contribution < 1.29 is 14.3 Å². The van der Waals surface area contributed by atoms with Gasteiger partial charge >= 0.3 is 5.97 Å². The maximum atomic E-state index is 12.3. The third-order valence-electron chi connectivity index (χ3n) is 7.55. The Hall–Kier alpha value is -2.12. The van der Waals surface area contributed by atoms with Crippen molar-refractivity contribution in [3.63, 3.8) is 0 Å². The van der Waals surface area contributed by atoms with Crippen molar-refractivity contribution in [2.45, 2.75) is 98.3 Å². The maximum Gasteiger partial charge on any atom is 0.341 e. The first-order valence-corrected chi connectivity index (χ1v) is 14.7. The van der Waals surface area contributed by atoms with Gasteiger partial charge in [0, 0.05) is 17.0 Å². The van der Waals surface area contributed by atoms with Crippen LogP contribution in [0, 0.1) is 6.92 Å². The third-order valence-corrected chi connectivity index (χ3v) is 8.86. The topological polar surface area (TPSA) is 59.6 Å². The highest BCUT2D eigenvalue weighted by Gasteiger charge is 2.26. The molecule has 0 bridgehead atoms. The van der Waals surface area contributed by atoms with E-state index < -0.39 is 0 Å². The van der Waals surface area contributed by atoms with Gasteiger partial charge in [-0.25, -0.2) is 4.79 Å². The lowest BCUT2D eigenvalue weighted by molar-refractivity contribution is 0.0601. The predicted octanol–water partition coefficient (Wildman–Crippen LogP) is 7.93. The van der Waals surface area contributed by atoms with E-state index in [0.29, 0.717) is 17.3 Å². The van der Waals surface area contributed by atoms with Crippen molar-refractivity contribution in [2.24, 2.45) is 0 Å². The largest absolute Gasteiger partial charge is 0.493 e. The second kappa shape index (κ2) is 13.6. The molecule has 2 rings (SSSR count). The molecule has 0 atom stereocenters.